The molecule has 1 amide bonds. The van der Waals surface area contributed by atoms with Gasteiger partial charge in [-0.2, -0.15) is 0 Å². The van der Waals surface area contributed by atoms with E-state index in [1.807, 2.05) is 22.6 Å². The van der Waals surface area contributed by atoms with Crippen LogP contribution in [0.25, 0.3) is 0 Å². The third kappa shape index (κ3) is 3.43. The molecule has 21 heavy (non-hydrogen) atoms. The number of anilines is 3. The second-order valence-electron chi connectivity index (χ2n) is 4.73. The Morgan fingerprint density at radius 1 is 1.48 bits per heavy atom. The number of amides is 1. The predicted octanol–water partition coefficient (Wildman–Crippen LogP) is 3.30. The van der Waals surface area contributed by atoms with Gasteiger partial charge in [0.15, 0.2) is 5.13 Å². The van der Waals surface area contributed by atoms with E-state index in [0.29, 0.717) is 25.3 Å². The van der Waals surface area contributed by atoms with E-state index >= 15 is 0 Å². The van der Waals surface area contributed by atoms with Gasteiger partial charge in [-0.05, 0) is 53.6 Å². The summed E-state index contributed by atoms with van der Waals surface area (Å²) in [4.78, 5) is 16.8. The number of nitrogens with one attached hydrogen (secondary N) is 2. The van der Waals surface area contributed by atoms with Gasteiger partial charge in [-0.3, -0.25) is 4.79 Å². The standard InChI is InChI=1S/C13H12FIN4OS/c14-6-1-4-9(8(15)5-6)18-12(20)10-11(16)19-13(21-10)17-7-2-3-7/h1,4-5,7H,2-3,16H2,(H,17,19)(H,18,20). The van der Waals surface area contributed by atoms with E-state index in [1.54, 1.807) is 0 Å². The molecule has 1 heterocycles. The number of thiazole rings is 1. The number of carbonyl (C=O) groups is 1. The normalized spacial score (nSPS) is 14.0. The van der Waals surface area contributed by atoms with E-state index in [-0.39, 0.29) is 17.5 Å². The van der Waals surface area contributed by atoms with Crippen molar-refractivity contribution < 1.29 is 9.18 Å². The lowest BCUT2D eigenvalue weighted by molar-refractivity contribution is 0.103. The Morgan fingerprint density at radius 2 is 2.24 bits per heavy atom. The lowest BCUT2D eigenvalue weighted by Gasteiger charge is -2.06. The highest BCUT2D eigenvalue weighted by Gasteiger charge is 2.24. The molecule has 0 atom stereocenters. The first-order valence-electron chi connectivity index (χ1n) is 6.32. The molecule has 0 bridgehead atoms. The molecule has 0 saturated heterocycles. The molecule has 1 fully saturated rings. The minimum atomic E-state index is -0.342. The lowest BCUT2D eigenvalue weighted by Crippen LogP contribution is -2.13. The van der Waals surface area contributed by atoms with Gasteiger partial charge >= 0.3 is 0 Å². The topological polar surface area (TPSA) is 80.0 Å². The first kappa shape index (κ1) is 14.5. The van der Waals surface area contributed by atoms with Crippen LogP contribution in [0.4, 0.5) is 21.0 Å². The van der Waals surface area contributed by atoms with Gasteiger partial charge in [-0.1, -0.05) is 11.3 Å². The van der Waals surface area contributed by atoms with Crippen molar-refractivity contribution in [1.29, 1.82) is 0 Å². The van der Waals surface area contributed by atoms with Crippen LogP contribution in [0.1, 0.15) is 22.5 Å². The molecule has 0 aliphatic heterocycles. The van der Waals surface area contributed by atoms with Gasteiger partial charge in [-0.15, -0.1) is 0 Å². The molecule has 1 aromatic carbocycles. The van der Waals surface area contributed by atoms with Crippen LogP contribution < -0.4 is 16.4 Å². The third-order valence-corrected chi connectivity index (χ3v) is 4.84. The number of rotatable bonds is 4. The second kappa shape index (κ2) is 5.76. The summed E-state index contributed by atoms with van der Waals surface area (Å²) < 4.78 is 13.7. The molecule has 3 rings (SSSR count). The zero-order valence-corrected chi connectivity index (χ0v) is 13.8. The summed E-state index contributed by atoms with van der Waals surface area (Å²) in [5.74, 6) is -0.471. The van der Waals surface area contributed by atoms with Crippen LogP contribution in [0, 0.1) is 9.39 Å². The summed E-state index contributed by atoms with van der Waals surface area (Å²) >= 11 is 3.19. The van der Waals surface area contributed by atoms with Gasteiger partial charge in [0, 0.05) is 9.61 Å². The number of nitrogens with zero attached hydrogens (tertiary/aromatic N) is 1. The highest BCUT2D eigenvalue weighted by Crippen LogP contribution is 2.31. The summed E-state index contributed by atoms with van der Waals surface area (Å²) in [6.45, 7) is 0. The van der Waals surface area contributed by atoms with E-state index in [2.05, 4.69) is 15.6 Å². The van der Waals surface area contributed by atoms with Crippen LogP contribution in [-0.4, -0.2) is 16.9 Å². The van der Waals surface area contributed by atoms with Crippen LogP contribution in [0.15, 0.2) is 18.2 Å². The van der Waals surface area contributed by atoms with Crippen molar-refractivity contribution >= 4 is 56.5 Å². The number of hydrogen-bond donors (Lipinski definition) is 3. The molecule has 110 valence electrons. The van der Waals surface area contributed by atoms with Crippen molar-refractivity contribution in [2.75, 3.05) is 16.4 Å². The largest absolute Gasteiger partial charge is 0.382 e. The summed E-state index contributed by atoms with van der Waals surface area (Å²) in [7, 11) is 0. The Morgan fingerprint density at radius 3 is 2.90 bits per heavy atom. The molecular formula is C13H12FIN4OS. The number of carbonyl (C=O) groups excluding carboxylic acids is 1. The molecule has 2 aromatic rings. The smallest absolute Gasteiger partial charge is 0.269 e. The zero-order valence-electron chi connectivity index (χ0n) is 10.8. The lowest BCUT2D eigenvalue weighted by atomic mass is 10.3. The summed E-state index contributed by atoms with van der Waals surface area (Å²) in [6, 6.07) is 4.62. The number of aromatic nitrogens is 1. The van der Waals surface area contributed by atoms with Crippen LogP contribution in [0.5, 0.6) is 0 Å². The van der Waals surface area contributed by atoms with E-state index in [1.165, 1.54) is 29.5 Å². The molecule has 1 aromatic heterocycles. The number of halogens is 2. The first-order valence-corrected chi connectivity index (χ1v) is 8.21. The summed E-state index contributed by atoms with van der Waals surface area (Å²) in [6.07, 6.45) is 2.24. The number of nitrogens with two attached hydrogens (primary N) is 1. The average molecular weight is 418 g/mol. The van der Waals surface area contributed by atoms with Crippen LogP contribution in [-0.2, 0) is 0 Å². The highest BCUT2D eigenvalue weighted by molar-refractivity contribution is 14.1. The third-order valence-electron chi connectivity index (χ3n) is 2.94. The molecular weight excluding hydrogens is 406 g/mol. The Balaban J connectivity index is 1.76. The van der Waals surface area contributed by atoms with E-state index in [0.717, 1.165) is 12.8 Å². The minimum absolute atomic E-state index is 0.206. The Hall–Kier alpha value is -1.42. The maximum atomic E-state index is 13.0. The van der Waals surface area contributed by atoms with Crippen molar-refractivity contribution in [3.05, 3.63) is 32.5 Å². The molecule has 1 aliphatic carbocycles. The minimum Gasteiger partial charge on any atom is -0.382 e. The molecule has 8 heteroatoms. The van der Waals surface area contributed by atoms with Crippen molar-refractivity contribution in [3.8, 4) is 0 Å². The van der Waals surface area contributed by atoms with Gasteiger partial charge in [0.25, 0.3) is 5.91 Å². The fourth-order valence-corrected chi connectivity index (χ4v) is 3.20. The fraction of sp³-hybridized carbons (Fsp3) is 0.231. The quantitative estimate of drug-likeness (QED) is 0.666. The predicted molar refractivity (Wildman–Crippen MR) is 90.2 cm³/mol. The molecule has 1 aliphatic rings. The van der Waals surface area contributed by atoms with Gasteiger partial charge in [0.1, 0.15) is 16.5 Å². The fourth-order valence-electron chi connectivity index (χ4n) is 1.73. The molecule has 5 nitrogen and oxygen atoms in total. The number of hydrogen-bond acceptors (Lipinski definition) is 5. The summed E-state index contributed by atoms with van der Waals surface area (Å²) in [5.41, 5.74) is 6.34. The van der Waals surface area contributed by atoms with E-state index in [4.69, 9.17) is 5.73 Å². The molecule has 0 radical (unpaired) electrons. The maximum Gasteiger partial charge on any atom is 0.269 e. The Labute approximate surface area is 138 Å². The van der Waals surface area contributed by atoms with Gasteiger partial charge in [-0.25, -0.2) is 9.37 Å². The van der Waals surface area contributed by atoms with Gasteiger partial charge < -0.3 is 16.4 Å². The monoisotopic (exact) mass is 418 g/mol. The van der Waals surface area contributed by atoms with E-state index < -0.39 is 0 Å². The molecule has 4 N–H and O–H groups in total. The van der Waals surface area contributed by atoms with Gasteiger partial charge in [0.05, 0.1) is 5.69 Å². The Kier molecular flexibility index (Phi) is 3.98. The second-order valence-corrected chi connectivity index (χ2v) is 6.89. The zero-order chi connectivity index (χ0) is 15.0. The van der Waals surface area contributed by atoms with Crippen molar-refractivity contribution in [3.63, 3.8) is 0 Å². The van der Waals surface area contributed by atoms with Crippen molar-refractivity contribution in [2.45, 2.75) is 18.9 Å². The number of nitrogen functional groups attached to an aromatic ring is 1. The molecule has 0 spiro atoms. The van der Waals surface area contributed by atoms with Crippen LogP contribution in [0.2, 0.25) is 0 Å². The first-order chi connectivity index (χ1) is 10.0. The van der Waals surface area contributed by atoms with Crippen LogP contribution in [0.3, 0.4) is 0 Å². The highest BCUT2D eigenvalue weighted by atomic mass is 127. The molecule has 0 unspecified atom stereocenters. The molecule has 1 saturated carbocycles. The van der Waals surface area contributed by atoms with Crippen LogP contribution >= 0.6 is 33.9 Å². The van der Waals surface area contributed by atoms with Crippen molar-refractivity contribution in [2.24, 2.45) is 0 Å². The maximum absolute atomic E-state index is 13.0. The average Bonchev–Trinajstić information content (AvgIpc) is 3.15. The number of benzene rings is 1. The van der Waals surface area contributed by atoms with E-state index in [9.17, 15) is 9.18 Å². The summed E-state index contributed by atoms with van der Waals surface area (Å²) in [5, 5.41) is 6.60. The van der Waals surface area contributed by atoms with Gasteiger partial charge in [0.2, 0.25) is 0 Å². The SMILES string of the molecule is Nc1nc(NC2CC2)sc1C(=O)Nc1ccc(F)cc1I. The van der Waals surface area contributed by atoms with Crippen molar-refractivity contribution in [1.82, 2.24) is 4.98 Å². The Bertz CT molecular complexity index is 701.